The first kappa shape index (κ1) is 21.6. The maximum Gasteiger partial charge on any atom is 0.279 e. The van der Waals surface area contributed by atoms with E-state index in [9.17, 15) is 4.79 Å². The lowest BCUT2D eigenvalue weighted by atomic mass is 10.1. The van der Waals surface area contributed by atoms with Gasteiger partial charge in [-0.2, -0.15) is 0 Å². The van der Waals surface area contributed by atoms with Gasteiger partial charge in [-0.1, -0.05) is 42.5 Å². The number of benzene rings is 2. The van der Waals surface area contributed by atoms with Crippen molar-refractivity contribution in [3.05, 3.63) is 65.2 Å². The van der Waals surface area contributed by atoms with Gasteiger partial charge in [-0.05, 0) is 56.7 Å². The van der Waals surface area contributed by atoms with E-state index < -0.39 is 0 Å². The second kappa shape index (κ2) is 10.0. The molecule has 146 valence electrons. The Morgan fingerprint density at radius 2 is 1.63 bits per heavy atom. The van der Waals surface area contributed by atoms with Crippen molar-refractivity contribution in [2.24, 2.45) is 0 Å². The summed E-state index contributed by atoms with van der Waals surface area (Å²) in [4.78, 5) is 12.9. The molecule has 2 aromatic rings. The molecule has 0 saturated carbocycles. The van der Waals surface area contributed by atoms with Crippen molar-refractivity contribution in [1.82, 2.24) is 0 Å². The molecule has 1 saturated heterocycles. The first-order valence-corrected chi connectivity index (χ1v) is 9.82. The molecule has 0 aliphatic carbocycles. The van der Waals surface area contributed by atoms with E-state index in [2.05, 4.69) is 67.7 Å². The Morgan fingerprint density at radius 3 is 2.30 bits per heavy atom. The number of nitrogens with one attached hydrogen (secondary N) is 1. The highest BCUT2D eigenvalue weighted by Gasteiger charge is 2.31. The van der Waals surface area contributed by atoms with Crippen molar-refractivity contribution >= 4 is 11.6 Å². The van der Waals surface area contributed by atoms with Gasteiger partial charge in [0.15, 0.2) is 6.54 Å². The van der Waals surface area contributed by atoms with E-state index in [-0.39, 0.29) is 22.9 Å². The number of carbonyl (C=O) groups is 1. The highest BCUT2D eigenvalue weighted by Crippen LogP contribution is 2.23. The van der Waals surface area contributed by atoms with E-state index in [0.29, 0.717) is 6.54 Å². The van der Waals surface area contributed by atoms with Gasteiger partial charge in [-0.15, -0.1) is 0 Å². The summed E-state index contributed by atoms with van der Waals surface area (Å²) in [6.45, 7) is 7.80. The summed E-state index contributed by atoms with van der Waals surface area (Å²) in [6, 6.07) is 16.9. The van der Waals surface area contributed by atoms with Gasteiger partial charge < -0.3 is 26.8 Å². The number of nitrogens with zero attached hydrogens (tertiary/aromatic N) is 1. The molecule has 4 heteroatoms. The van der Waals surface area contributed by atoms with Crippen molar-refractivity contribution in [3.63, 3.8) is 0 Å². The second-order valence-electron chi connectivity index (χ2n) is 7.87. The molecule has 1 aliphatic heterocycles. The van der Waals surface area contributed by atoms with Crippen LogP contribution in [0.15, 0.2) is 48.5 Å². The Hall–Kier alpha value is -1.65. The average molecular weight is 431 g/mol. The number of amides is 1. The topological polar surface area (TPSA) is 29.1 Å². The smallest absolute Gasteiger partial charge is 0.279 e. The molecular formula is C23H31BrN2O. The SMILES string of the molecule is Cc1ccc(C)c(NC(=O)C[N+]2(Cc3ccccc3)CCCCCC2)c1.[Br-]. The molecule has 3 rings (SSSR count). The van der Waals surface area contributed by atoms with Gasteiger partial charge in [0.2, 0.25) is 0 Å². The Balaban J connectivity index is 0.00000261. The van der Waals surface area contributed by atoms with Gasteiger partial charge in [0, 0.05) is 11.3 Å². The minimum absolute atomic E-state index is 0. The molecule has 0 spiro atoms. The summed E-state index contributed by atoms with van der Waals surface area (Å²) in [5, 5.41) is 3.17. The van der Waals surface area contributed by atoms with E-state index in [1.807, 2.05) is 0 Å². The van der Waals surface area contributed by atoms with Crippen LogP contribution in [0.4, 0.5) is 5.69 Å². The van der Waals surface area contributed by atoms with Crippen LogP contribution in [0.1, 0.15) is 42.4 Å². The third kappa shape index (κ3) is 6.18. The predicted octanol–water partition coefficient (Wildman–Crippen LogP) is 1.84. The van der Waals surface area contributed by atoms with Gasteiger partial charge in [0.1, 0.15) is 6.54 Å². The molecule has 1 aliphatic rings. The highest BCUT2D eigenvalue weighted by molar-refractivity contribution is 5.92. The van der Waals surface area contributed by atoms with Crippen molar-refractivity contribution < 1.29 is 26.3 Å². The number of hydrogen-bond acceptors (Lipinski definition) is 1. The standard InChI is InChI=1S/C23H30N2O.BrH/c1-19-12-13-20(2)22(16-19)24-23(26)18-25(14-8-3-4-9-15-25)17-21-10-6-5-7-11-21;/h5-7,10-13,16H,3-4,8-9,14-15,17-18H2,1-2H3;1H. The van der Waals surface area contributed by atoms with Gasteiger partial charge >= 0.3 is 0 Å². The van der Waals surface area contributed by atoms with Crippen LogP contribution in [-0.2, 0) is 11.3 Å². The Bertz CT molecular complexity index is 737. The molecule has 1 heterocycles. The fourth-order valence-electron chi connectivity index (χ4n) is 4.07. The molecule has 2 aromatic carbocycles. The minimum Gasteiger partial charge on any atom is -1.00 e. The number of carbonyl (C=O) groups excluding carboxylic acids is 1. The maximum absolute atomic E-state index is 12.9. The van der Waals surface area contributed by atoms with Crippen LogP contribution in [0.3, 0.4) is 0 Å². The van der Waals surface area contributed by atoms with Crippen molar-refractivity contribution in [3.8, 4) is 0 Å². The first-order valence-electron chi connectivity index (χ1n) is 9.82. The first-order chi connectivity index (χ1) is 12.6. The molecule has 1 amide bonds. The third-order valence-corrected chi connectivity index (χ3v) is 5.52. The summed E-state index contributed by atoms with van der Waals surface area (Å²) >= 11 is 0. The molecular weight excluding hydrogens is 400 g/mol. The Labute approximate surface area is 174 Å². The number of anilines is 1. The van der Waals surface area contributed by atoms with E-state index in [1.165, 1.54) is 36.8 Å². The quantitative estimate of drug-likeness (QED) is 0.720. The third-order valence-electron chi connectivity index (χ3n) is 5.52. The number of aryl methyl sites for hydroxylation is 2. The van der Waals surface area contributed by atoms with Crippen LogP contribution in [0.25, 0.3) is 0 Å². The number of quaternary nitrogens is 1. The highest BCUT2D eigenvalue weighted by atomic mass is 79.9. The van der Waals surface area contributed by atoms with E-state index in [1.54, 1.807) is 0 Å². The fraction of sp³-hybridized carbons (Fsp3) is 0.435. The van der Waals surface area contributed by atoms with Crippen molar-refractivity contribution in [2.45, 2.75) is 46.1 Å². The number of rotatable bonds is 5. The molecule has 1 N–H and O–H groups in total. The Kier molecular flexibility index (Phi) is 8.06. The molecule has 0 bridgehead atoms. The average Bonchev–Trinajstić information content (AvgIpc) is 2.84. The Morgan fingerprint density at radius 1 is 0.963 bits per heavy atom. The van der Waals surface area contributed by atoms with Gasteiger partial charge in [-0.25, -0.2) is 0 Å². The van der Waals surface area contributed by atoms with Crippen LogP contribution >= 0.6 is 0 Å². The molecule has 3 nitrogen and oxygen atoms in total. The largest absolute Gasteiger partial charge is 1.00 e. The van der Waals surface area contributed by atoms with Crippen LogP contribution in [-0.4, -0.2) is 30.0 Å². The maximum atomic E-state index is 12.9. The molecule has 1 fully saturated rings. The van der Waals surface area contributed by atoms with Crippen molar-refractivity contribution in [1.29, 1.82) is 0 Å². The van der Waals surface area contributed by atoms with Gasteiger partial charge in [-0.3, -0.25) is 4.79 Å². The summed E-state index contributed by atoms with van der Waals surface area (Å²) in [5.74, 6) is 0.136. The zero-order valence-corrected chi connectivity index (χ0v) is 18.1. The lowest BCUT2D eigenvalue weighted by molar-refractivity contribution is -0.932. The fourth-order valence-corrected chi connectivity index (χ4v) is 4.07. The lowest BCUT2D eigenvalue weighted by Gasteiger charge is -2.37. The lowest BCUT2D eigenvalue weighted by Crippen LogP contribution is -3.00. The predicted molar refractivity (Wildman–Crippen MR) is 108 cm³/mol. The van der Waals surface area contributed by atoms with Crippen LogP contribution in [0, 0.1) is 13.8 Å². The number of likely N-dealkylation sites (tertiary alicyclic amines) is 1. The van der Waals surface area contributed by atoms with Crippen molar-refractivity contribution in [2.75, 3.05) is 25.0 Å². The van der Waals surface area contributed by atoms with Gasteiger partial charge in [0.05, 0.1) is 13.1 Å². The summed E-state index contributed by atoms with van der Waals surface area (Å²) in [6.07, 6.45) is 4.99. The zero-order valence-electron chi connectivity index (χ0n) is 16.5. The van der Waals surface area contributed by atoms with Crippen LogP contribution in [0.2, 0.25) is 0 Å². The minimum atomic E-state index is 0. The van der Waals surface area contributed by atoms with E-state index in [4.69, 9.17) is 0 Å². The molecule has 27 heavy (non-hydrogen) atoms. The number of halogens is 1. The molecule has 0 atom stereocenters. The second-order valence-corrected chi connectivity index (χ2v) is 7.87. The summed E-state index contributed by atoms with van der Waals surface area (Å²) in [7, 11) is 0. The zero-order chi connectivity index (χ0) is 18.4. The summed E-state index contributed by atoms with van der Waals surface area (Å²) < 4.78 is 0.876. The van der Waals surface area contributed by atoms with Crippen LogP contribution in [0.5, 0.6) is 0 Å². The monoisotopic (exact) mass is 430 g/mol. The molecule has 0 radical (unpaired) electrons. The molecule has 0 aromatic heterocycles. The van der Waals surface area contributed by atoms with E-state index >= 15 is 0 Å². The van der Waals surface area contributed by atoms with E-state index in [0.717, 1.165) is 35.4 Å². The summed E-state index contributed by atoms with van der Waals surface area (Å²) in [5.41, 5.74) is 4.57. The number of hydrogen-bond donors (Lipinski definition) is 1. The van der Waals surface area contributed by atoms with Gasteiger partial charge in [0.25, 0.3) is 5.91 Å². The molecule has 0 unspecified atom stereocenters. The van der Waals surface area contributed by atoms with Crippen LogP contribution < -0.4 is 22.3 Å². The normalized spacial score (nSPS) is 16.1.